The highest BCUT2D eigenvalue weighted by Crippen LogP contribution is 2.27. The monoisotopic (exact) mass is 420 g/mol. The number of hydrogen-bond donors (Lipinski definition) is 2. The Morgan fingerprint density at radius 3 is 2.00 bits per heavy atom. The van der Waals surface area contributed by atoms with E-state index >= 15 is 0 Å². The molecule has 31 heavy (non-hydrogen) atoms. The van der Waals surface area contributed by atoms with Crippen LogP contribution in [0.4, 0.5) is 0 Å². The Hall–Kier alpha value is -4.00. The quantitative estimate of drug-likeness (QED) is 0.546. The van der Waals surface area contributed by atoms with Crippen molar-refractivity contribution in [2.45, 2.75) is 6.42 Å². The molecule has 3 aromatic rings. The van der Waals surface area contributed by atoms with Crippen molar-refractivity contribution >= 4 is 11.8 Å². The molecule has 3 rings (SSSR count). The minimum Gasteiger partial charge on any atom is -0.493 e. The molecule has 7 nitrogen and oxygen atoms in total. The zero-order chi connectivity index (χ0) is 22.1. The number of benzene rings is 3. The largest absolute Gasteiger partial charge is 0.493 e. The third-order valence-electron chi connectivity index (χ3n) is 4.55. The molecule has 0 spiro atoms. The summed E-state index contributed by atoms with van der Waals surface area (Å²) in [4.78, 5) is 24.6. The first-order chi connectivity index (χ1) is 15.1. The van der Waals surface area contributed by atoms with Crippen molar-refractivity contribution in [3.63, 3.8) is 0 Å². The highest BCUT2D eigenvalue weighted by atomic mass is 16.5. The van der Waals surface area contributed by atoms with Crippen molar-refractivity contribution in [1.82, 2.24) is 10.9 Å². The van der Waals surface area contributed by atoms with Crippen LogP contribution in [0, 0.1) is 0 Å². The fraction of sp³-hybridized carbons (Fsp3) is 0.167. The van der Waals surface area contributed by atoms with Gasteiger partial charge in [0.05, 0.1) is 20.8 Å². The van der Waals surface area contributed by atoms with Crippen LogP contribution in [-0.2, 0) is 6.42 Å². The number of carbonyl (C=O) groups is 2. The van der Waals surface area contributed by atoms with E-state index in [2.05, 4.69) is 10.9 Å². The maximum Gasteiger partial charge on any atom is 0.269 e. The molecule has 0 aliphatic rings. The Morgan fingerprint density at radius 1 is 0.742 bits per heavy atom. The molecule has 0 aliphatic carbocycles. The van der Waals surface area contributed by atoms with Gasteiger partial charge < -0.3 is 14.2 Å². The average Bonchev–Trinajstić information content (AvgIpc) is 2.83. The number of amides is 2. The molecule has 160 valence electrons. The third kappa shape index (κ3) is 5.99. The molecule has 0 bridgehead atoms. The van der Waals surface area contributed by atoms with E-state index in [9.17, 15) is 9.59 Å². The lowest BCUT2D eigenvalue weighted by Gasteiger charge is -2.11. The molecule has 0 saturated carbocycles. The van der Waals surface area contributed by atoms with Gasteiger partial charge in [-0.05, 0) is 48.0 Å². The van der Waals surface area contributed by atoms with E-state index in [0.717, 1.165) is 6.42 Å². The van der Waals surface area contributed by atoms with Crippen LogP contribution in [0.3, 0.4) is 0 Å². The van der Waals surface area contributed by atoms with Gasteiger partial charge in [-0.1, -0.05) is 30.3 Å². The van der Waals surface area contributed by atoms with Crippen LogP contribution in [0.15, 0.2) is 72.8 Å². The minimum absolute atomic E-state index is 0.320. The lowest BCUT2D eigenvalue weighted by Crippen LogP contribution is -2.41. The molecule has 0 aliphatic heterocycles. The van der Waals surface area contributed by atoms with E-state index in [0.29, 0.717) is 35.0 Å². The second-order valence-electron chi connectivity index (χ2n) is 6.59. The standard InChI is InChI=1S/C24H24N2O5/c1-29-21-13-10-19(16-22(21)30-2)24(28)26-25-23(27)18-8-11-20(12-9-18)31-15-14-17-6-4-3-5-7-17/h3-13,16H,14-15H2,1-2H3,(H,25,27)(H,26,28). The first-order valence-electron chi connectivity index (χ1n) is 9.70. The maximum absolute atomic E-state index is 12.3. The number of carbonyl (C=O) groups excluding carboxylic acids is 2. The average molecular weight is 420 g/mol. The summed E-state index contributed by atoms with van der Waals surface area (Å²) in [5, 5.41) is 0. The number of nitrogens with one attached hydrogen (secondary N) is 2. The Kier molecular flexibility index (Phi) is 7.48. The van der Waals surface area contributed by atoms with E-state index in [1.54, 1.807) is 36.4 Å². The minimum atomic E-state index is -0.477. The topological polar surface area (TPSA) is 85.9 Å². The molecule has 0 heterocycles. The smallest absolute Gasteiger partial charge is 0.269 e. The number of hydrogen-bond acceptors (Lipinski definition) is 5. The van der Waals surface area contributed by atoms with Crippen LogP contribution in [-0.4, -0.2) is 32.6 Å². The van der Waals surface area contributed by atoms with Crippen molar-refractivity contribution < 1.29 is 23.8 Å². The van der Waals surface area contributed by atoms with Crippen molar-refractivity contribution in [2.24, 2.45) is 0 Å². The molecule has 2 N–H and O–H groups in total. The molecule has 0 saturated heterocycles. The van der Waals surface area contributed by atoms with Crippen LogP contribution in [0.2, 0.25) is 0 Å². The first-order valence-corrected chi connectivity index (χ1v) is 9.70. The van der Waals surface area contributed by atoms with Crippen LogP contribution < -0.4 is 25.1 Å². The SMILES string of the molecule is COc1ccc(C(=O)NNC(=O)c2ccc(OCCc3ccccc3)cc2)cc1OC. The van der Waals surface area contributed by atoms with Gasteiger partial charge >= 0.3 is 0 Å². The van der Waals surface area contributed by atoms with E-state index in [4.69, 9.17) is 14.2 Å². The van der Waals surface area contributed by atoms with Gasteiger partial charge in [0.15, 0.2) is 11.5 Å². The predicted octanol–water partition coefficient (Wildman–Crippen LogP) is 3.40. The number of rotatable bonds is 8. The molecule has 0 aromatic heterocycles. The molecular formula is C24H24N2O5. The van der Waals surface area contributed by atoms with Gasteiger partial charge in [-0.2, -0.15) is 0 Å². The fourth-order valence-corrected chi connectivity index (χ4v) is 2.87. The van der Waals surface area contributed by atoms with Gasteiger partial charge in [0.25, 0.3) is 11.8 Å². The summed E-state index contributed by atoms with van der Waals surface area (Å²) >= 11 is 0. The van der Waals surface area contributed by atoms with E-state index in [1.165, 1.54) is 25.8 Å². The van der Waals surface area contributed by atoms with Crippen LogP contribution in [0.1, 0.15) is 26.3 Å². The first kappa shape index (κ1) is 21.7. The van der Waals surface area contributed by atoms with Crippen LogP contribution in [0.25, 0.3) is 0 Å². The van der Waals surface area contributed by atoms with Crippen molar-refractivity contribution in [2.75, 3.05) is 20.8 Å². The lowest BCUT2D eigenvalue weighted by atomic mass is 10.2. The summed E-state index contributed by atoms with van der Waals surface area (Å²) in [6, 6.07) is 21.5. The molecule has 3 aromatic carbocycles. The summed E-state index contributed by atoms with van der Waals surface area (Å²) in [5.41, 5.74) is 6.69. The molecule has 0 atom stereocenters. The number of ether oxygens (including phenoxy) is 3. The van der Waals surface area contributed by atoms with Gasteiger partial charge in [0, 0.05) is 17.5 Å². The third-order valence-corrected chi connectivity index (χ3v) is 4.55. The summed E-state index contributed by atoms with van der Waals surface area (Å²) in [6.45, 7) is 0.539. The summed E-state index contributed by atoms with van der Waals surface area (Å²) < 4.78 is 16.0. The number of hydrazine groups is 1. The van der Waals surface area contributed by atoms with Crippen LogP contribution >= 0.6 is 0 Å². The molecule has 0 fully saturated rings. The second-order valence-corrected chi connectivity index (χ2v) is 6.59. The Morgan fingerprint density at radius 2 is 1.35 bits per heavy atom. The Bertz CT molecular complexity index is 1020. The molecular weight excluding hydrogens is 396 g/mol. The highest BCUT2D eigenvalue weighted by molar-refractivity contribution is 5.99. The second kappa shape index (κ2) is 10.7. The van der Waals surface area contributed by atoms with Gasteiger partial charge in [0.2, 0.25) is 0 Å². The highest BCUT2D eigenvalue weighted by Gasteiger charge is 2.12. The normalized spacial score (nSPS) is 10.1. The van der Waals surface area contributed by atoms with Gasteiger partial charge in [-0.3, -0.25) is 20.4 Å². The van der Waals surface area contributed by atoms with Crippen molar-refractivity contribution in [3.8, 4) is 17.2 Å². The Balaban J connectivity index is 1.49. The zero-order valence-corrected chi connectivity index (χ0v) is 17.4. The summed E-state index contributed by atoms with van der Waals surface area (Å²) in [7, 11) is 2.99. The fourth-order valence-electron chi connectivity index (χ4n) is 2.87. The maximum atomic E-state index is 12.3. The van der Waals surface area contributed by atoms with E-state index < -0.39 is 11.8 Å². The lowest BCUT2D eigenvalue weighted by molar-refractivity contribution is 0.0846. The Labute approximate surface area is 180 Å². The summed E-state index contributed by atoms with van der Waals surface area (Å²) in [5.74, 6) is 0.681. The molecule has 2 amide bonds. The van der Waals surface area contributed by atoms with Crippen molar-refractivity contribution in [1.29, 1.82) is 0 Å². The van der Waals surface area contributed by atoms with Gasteiger partial charge in [-0.15, -0.1) is 0 Å². The number of methoxy groups -OCH3 is 2. The van der Waals surface area contributed by atoms with E-state index in [1.807, 2.05) is 30.3 Å². The van der Waals surface area contributed by atoms with E-state index in [-0.39, 0.29) is 0 Å². The molecule has 0 unspecified atom stereocenters. The van der Waals surface area contributed by atoms with Crippen molar-refractivity contribution in [3.05, 3.63) is 89.5 Å². The molecule has 7 heteroatoms. The van der Waals surface area contributed by atoms with Crippen LogP contribution in [0.5, 0.6) is 17.2 Å². The zero-order valence-electron chi connectivity index (χ0n) is 17.4. The van der Waals surface area contributed by atoms with Gasteiger partial charge in [0.1, 0.15) is 5.75 Å². The summed E-state index contributed by atoms with van der Waals surface area (Å²) in [6.07, 6.45) is 0.797. The predicted molar refractivity (Wildman–Crippen MR) is 117 cm³/mol. The van der Waals surface area contributed by atoms with Gasteiger partial charge in [-0.25, -0.2) is 0 Å². The molecule has 0 radical (unpaired) electrons.